The summed E-state index contributed by atoms with van der Waals surface area (Å²) in [5.74, 6) is 0. The summed E-state index contributed by atoms with van der Waals surface area (Å²) in [6.07, 6.45) is 13.7. The van der Waals surface area contributed by atoms with Crippen molar-refractivity contribution in [1.82, 2.24) is 0 Å². The Kier molecular flexibility index (Phi) is 9.11. The highest BCUT2D eigenvalue weighted by atomic mass is 14.2. The minimum absolute atomic E-state index is 1.04. The van der Waals surface area contributed by atoms with Crippen LogP contribution in [-0.4, -0.2) is 0 Å². The van der Waals surface area contributed by atoms with Crippen LogP contribution in [0.2, 0.25) is 0 Å². The highest BCUT2D eigenvalue weighted by Gasteiger charge is 1.82. The summed E-state index contributed by atoms with van der Waals surface area (Å²) in [7, 11) is 0. The molecule has 0 unspecified atom stereocenters. The minimum Gasteiger partial charge on any atom is -0.193 e. The lowest BCUT2D eigenvalue weighted by atomic mass is 10.2. The number of rotatable bonds is 6. The van der Waals surface area contributed by atoms with E-state index in [1.165, 1.54) is 19.3 Å². The molecule has 0 amide bonds. The molecule has 66 valence electrons. The van der Waals surface area contributed by atoms with Crippen LogP contribution in [0.3, 0.4) is 0 Å². The van der Waals surface area contributed by atoms with E-state index in [0.717, 1.165) is 12.8 Å². The molecule has 0 aromatic rings. The van der Waals surface area contributed by atoms with Gasteiger partial charge in [-0.3, -0.25) is 0 Å². The van der Waals surface area contributed by atoms with Crippen LogP contribution < -0.4 is 0 Å². The molecule has 0 spiro atoms. The maximum atomic E-state index is 8.19. The van der Waals surface area contributed by atoms with Gasteiger partial charge < -0.3 is 0 Å². The quantitative estimate of drug-likeness (QED) is 0.333. The van der Waals surface area contributed by atoms with Gasteiger partial charge in [0.05, 0.1) is 6.07 Å². The summed E-state index contributed by atoms with van der Waals surface area (Å²) in [6, 6.07) is 1.98. The van der Waals surface area contributed by atoms with Gasteiger partial charge in [0, 0.05) is 6.08 Å². The Morgan fingerprint density at radius 1 is 1.08 bits per heavy atom. The molecule has 1 nitrogen and oxygen atoms in total. The average molecular weight is 163 g/mol. The molecule has 0 atom stereocenters. The molecule has 0 radical (unpaired) electrons. The highest BCUT2D eigenvalue weighted by molar-refractivity contribution is 5.01. The van der Waals surface area contributed by atoms with Gasteiger partial charge in [-0.15, -0.1) is 0 Å². The van der Waals surface area contributed by atoms with Gasteiger partial charge in [-0.1, -0.05) is 25.2 Å². The van der Waals surface area contributed by atoms with Crippen molar-refractivity contribution in [2.45, 2.75) is 39.0 Å². The SMILES string of the molecule is CCC=CCCCCC=CC#N. The van der Waals surface area contributed by atoms with Gasteiger partial charge in [0.15, 0.2) is 0 Å². The lowest BCUT2D eigenvalue weighted by Gasteiger charge is -1.91. The Balaban J connectivity index is 3.07. The summed E-state index contributed by atoms with van der Waals surface area (Å²) < 4.78 is 0. The second-order valence-electron chi connectivity index (χ2n) is 2.70. The summed E-state index contributed by atoms with van der Waals surface area (Å²) in [5.41, 5.74) is 0. The second-order valence-corrected chi connectivity index (χ2v) is 2.70. The Bertz CT molecular complexity index is 172. The fourth-order valence-corrected chi connectivity index (χ4v) is 0.945. The molecule has 0 bridgehead atoms. The van der Waals surface area contributed by atoms with E-state index >= 15 is 0 Å². The van der Waals surface area contributed by atoms with Gasteiger partial charge in [-0.05, 0) is 32.1 Å². The molecule has 0 saturated heterocycles. The van der Waals surface area contributed by atoms with Crippen LogP contribution in [0.5, 0.6) is 0 Å². The summed E-state index contributed by atoms with van der Waals surface area (Å²) in [4.78, 5) is 0. The predicted octanol–water partition coefficient (Wildman–Crippen LogP) is 3.59. The zero-order valence-corrected chi connectivity index (χ0v) is 7.79. The molecule has 0 N–H and O–H groups in total. The van der Waals surface area contributed by atoms with Gasteiger partial charge in [-0.25, -0.2) is 0 Å². The summed E-state index contributed by atoms with van der Waals surface area (Å²) in [5, 5.41) is 8.19. The summed E-state index contributed by atoms with van der Waals surface area (Å²) in [6.45, 7) is 2.14. The lowest BCUT2D eigenvalue weighted by molar-refractivity contribution is 0.761. The van der Waals surface area contributed by atoms with E-state index in [9.17, 15) is 0 Å². The van der Waals surface area contributed by atoms with Crippen LogP contribution in [0.1, 0.15) is 39.0 Å². The van der Waals surface area contributed by atoms with E-state index in [1.54, 1.807) is 6.08 Å². The third-order valence-corrected chi connectivity index (χ3v) is 1.59. The molecule has 0 aromatic heterocycles. The Morgan fingerprint density at radius 3 is 2.33 bits per heavy atom. The van der Waals surface area contributed by atoms with Crippen molar-refractivity contribution in [3.63, 3.8) is 0 Å². The van der Waals surface area contributed by atoms with E-state index in [0.29, 0.717) is 0 Å². The number of hydrogen-bond acceptors (Lipinski definition) is 1. The maximum Gasteiger partial charge on any atom is 0.0908 e. The van der Waals surface area contributed by atoms with Crippen molar-refractivity contribution in [3.05, 3.63) is 24.3 Å². The topological polar surface area (TPSA) is 23.8 Å². The molecule has 1 heteroatoms. The fourth-order valence-electron chi connectivity index (χ4n) is 0.945. The minimum atomic E-state index is 1.04. The Labute approximate surface area is 75.4 Å². The molecule has 0 aliphatic carbocycles. The fraction of sp³-hybridized carbons (Fsp3) is 0.545. The monoisotopic (exact) mass is 163 g/mol. The van der Waals surface area contributed by atoms with Crippen LogP contribution in [0.25, 0.3) is 0 Å². The van der Waals surface area contributed by atoms with Crippen molar-refractivity contribution in [3.8, 4) is 6.07 Å². The highest BCUT2D eigenvalue weighted by Crippen LogP contribution is 2.01. The number of nitriles is 1. The first kappa shape index (κ1) is 11.0. The Morgan fingerprint density at radius 2 is 1.75 bits per heavy atom. The van der Waals surface area contributed by atoms with Gasteiger partial charge in [0.1, 0.15) is 0 Å². The number of nitrogens with zero attached hydrogens (tertiary/aromatic N) is 1. The predicted molar refractivity (Wildman–Crippen MR) is 52.7 cm³/mol. The van der Waals surface area contributed by atoms with Gasteiger partial charge in [-0.2, -0.15) is 5.26 Å². The van der Waals surface area contributed by atoms with E-state index in [2.05, 4.69) is 19.1 Å². The van der Waals surface area contributed by atoms with E-state index in [1.807, 2.05) is 12.1 Å². The molecule has 0 rings (SSSR count). The first-order chi connectivity index (χ1) is 5.91. The van der Waals surface area contributed by atoms with E-state index < -0.39 is 0 Å². The maximum absolute atomic E-state index is 8.19. The first-order valence-corrected chi connectivity index (χ1v) is 4.61. The number of hydrogen-bond donors (Lipinski definition) is 0. The van der Waals surface area contributed by atoms with Crippen LogP contribution in [-0.2, 0) is 0 Å². The zero-order chi connectivity index (χ0) is 9.07. The number of allylic oxidation sites excluding steroid dienone is 4. The van der Waals surface area contributed by atoms with Crippen molar-refractivity contribution in [1.29, 1.82) is 5.26 Å². The molecule has 0 fully saturated rings. The lowest BCUT2D eigenvalue weighted by Crippen LogP contribution is -1.71. The molecule has 0 aliphatic heterocycles. The van der Waals surface area contributed by atoms with Crippen LogP contribution in [0.4, 0.5) is 0 Å². The molecule has 0 aromatic carbocycles. The van der Waals surface area contributed by atoms with Gasteiger partial charge >= 0.3 is 0 Å². The van der Waals surface area contributed by atoms with E-state index in [-0.39, 0.29) is 0 Å². The molecule has 0 saturated carbocycles. The normalized spacial score (nSPS) is 11.0. The Hall–Kier alpha value is -1.03. The van der Waals surface area contributed by atoms with Crippen LogP contribution >= 0.6 is 0 Å². The molecular weight excluding hydrogens is 146 g/mol. The van der Waals surface area contributed by atoms with Crippen molar-refractivity contribution >= 4 is 0 Å². The van der Waals surface area contributed by atoms with Gasteiger partial charge in [0.25, 0.3) is 0 Å². The molecule has 0 aliphatic rings. The first-order valence-electron chi connectivity index (χ1n) is 4.61. The van der Waals surface area contributed by atoms with Crippen LogP contribution in [0, 0.1) is 11.3 Å². The van der Waals surface area contributed by atoms with Gasteiger partial charge in [0.2, 0.25) is 0 Å². The standard InChI is InChI=1S/C11H17N/c1-2-3-4-5-6-7-8-9-10-11-12/h3-4,9-10H,2,5-8H2,1H3. The average Bonchev–Trinajstić information content (AvgIpc) is 2.10. The summed E-state index contributed by atoms with van der Waals surface area (Å²) >= 11 is 0. The zero-order valence-electron chi connectivity index (χ0n) is 7.79. The van der Waals surface area contributed by atoms with Crippen molar-refractivity contribution in [2.75, 3.05) is 0 Å². The van der Waals surface area contributed by atoms with E-state index in [4.69, 9.17) is 5.26 Å². The molecule has 0 heterocycles. The number of unbranched alkanes of at least 4 members (excludes halogenated alkanes) is 3. The van der Waals surface area contributed by atoms with Crippen molar-refractivity contribution in [2.24, 2.45) is 0 Å². The van der Waals surface area contributed by atoms with Crippen molar-refractivity contribution < 1.29 is 0 Å². The van der Waals surface area contributed by atoms with Crippen LogP contribution in [0.15, 0.2) is 24.3 Å². The smallest absolute Gasteiger partial charge is 0.0908 e. The molecular formula is C11H17N. The second kappa shape index (κ2) is 9.97. The third kappa shape index (κ3) is 8.97. The third-order valence-electron chi connectivity index (χ3n) is 1.59. The largest absolute Gasteiger partial charge is 0.193 e. The molecule has 12 heavy (non-hydrogen) atoms.